The van der Waals surface area contributed by atoms with Crippen molar-refractivity contribution in [2.24, 2.45) is 5.16 Å². The molecule has 2 amide bonds. The van der Waals surface area contributed by atoms with Crippen molar-refractivity contribution in [3.63, 3.8) is 0 Å². The monoisotopic (exact) mass is 656 g/mol. The van der Waals surface area contributed by atoms with Gasteiger partial charge in [0.2, 0.25) is 0 Å². The van der Waals surface area contributed by atoms with Crippen LogP contribution in [-0.2, 0) is 23.8 Å². The summed E-state index contributed by atoms with van der Waals surface area (Å²) in [5.74, 6) is -2.03. The SMILES string of the molecule is Nc1nc(/C(=N\OCCP(=O)(O)O)C(=O)NC2C(=O)N3C(C(=O)O)=C(CSc4nc5ccccc5s4)CS[C@H]23)cs1. The van der Waals surface area contributed by atoms with Crippen molar-refractivity contribution in [1.29, 1.82) is 0 Å². The number of hydrogen-bond acceptors (Lipinski definition) is 13. The Kier molecular flexibility index (Phi) is 8.70. The van der Waals surface area contributed by atoms with E-state index in [4.69, 9.17) is 20.4 Å². The van der Waals surface area contributed by atoms with Gasteiger partial charge in [0.05, 0.1) is 16.4 Å². The Balaban J connectivity index is 1.28. The molecule has 0 aliphatic carbocycles. The van der Waals surface area contributed by atoms with Crippen LogP contribution in [0.25, 0.3) is 10.2 Å². The number of thioether (sulfide) groups is 2. The Morgan fingerprint density at radius 2 is 2.07 bits per heavy atom. The summed E-state index contributed by atoms with van der Waals surface area (Å²) in [5.41, 5.74) is 6.67. The summed E-state index contributed by atoms with van der Waals surface area (Å²) in [6.45, 7) is -0.472. The van der Waals surface area contributed by atoms with E-state index in [1.807, 2.05) is 24.3 Å². The summed E-state index contributed by atoms with van der Waals surface area (Å²) >= 11 is 5.25. The van der Waals surface area contributed by atoms with E-state index in [1.165, 1.54) is 45.1 Å². The summed E-state index contributed by atoms with van der Waals surface area (Å²) < 4.78 is 12.9. The maximum absolute atomic E-state index is 13.1. The van der Waals surface area contributed by atoms with Crippen molar-refractivity contribution in [3.05, 3.63) is 46.6 Å². The first-order valence-corrected chi connectivity index (χ1v) is 17.2. The lowest BCUT2D eigenvalue weighted by atomic mass is 10.0. The standard InChI is InChI=1S/C22H21N6O8PS4/c23-21-24-12(9-39-21)14(27-36-5-6-37(33,34)35)17(29)26-15-18(30)28-16(20(31)32)10(7-38-19(15)28)8-40-22-25-11-3-1-2-4-13(11)41-22/h1-4,9,15,19H,5-8H2,(H2,23,24)(H,26,29)(H,31,32)(H2,33,34,35)/b27-14+/t15?,19-/m1/s1. The van der Waals surface area contributed by atoms with Crippen molar-refractivity contribution < 1.29 is 38.7 Å². The number of β-lactam (4-membered cyclic amide) rings is 1. The molecule has 2 aliphatic heterocycles. The zero-order valence-electron chi connectivity index (χ0n) is 20.7. The number of fused-ring (bicyclic) bond motifs is 2. The Morgan fingerprint density at radius 3 is 2.76 bits per heavy atom. The normalized spacial score (nSPS) is 19.2. The highest BCUT2D eigenvalue weighted by atomic mass is 32.2. The van der Waals surface area contributed by atoms with E-state index in [0.29, 0.717) is 17.1 Å². The number of anilines is 1. The fourth-order valence-corrected chi connectivity index (χ4v) is 8.36. The minimum atomic E-state index is -4.35. The molecular formula is C22H21N6O8PS4. The molecule has 0 spiro atoms. The van der Waals surface area contributed by atoms with Gasteiger partial charge >= 0.3 is 13.6 Å². The van der Waals surface area contributed by atoms with Crippen molar-refractivity contribution >= 4 is 92.6 Å². The molecule has 2 atom stereocenters. The summed E-state index contributed by atoms with van der Waals surface area (Å²) in [5, 5.41) is 17.1. The zero-order valence-corrected chi connectivity index (χ0v) is 24.9. The highest BCUT2D eigenvalue weighted by molar-refractivity contribution is 8.02. The topological polar surface area (TPSA) is 218 Å². The van der Waals surface area contributed by atoms with Crippen LogP contribution in [0.1, 0.15) is 5.69 Å². The number of oxime groups is 1. The predicted molar refractivity (Wildman–Crippen MR) is 156 cm³/mol. The number of nitrogens with two attached hydrogens (primary N) is 1. The van der Waals surface area contributed by atoms with Crippen LogP contribution >= 0.6 is 53.8 Å². The van der Waals surface area contributed by atoms with Gasteiger partial charge in [-0.2, -0.15) is 0 Å². The molecule has 0 saturated carbocycles. The van der Waals surface area contributed by atoms with Gasteiger partial charge in [0.1, 0.15) is 29.4 Å². The van der Waals surface area contributed by atoms with Crippen LogP contribution in [0.2, 0.25) is 0 Å². The molecule has 1 saturated heterocycles. The number of nitrogen functional groups attached to an aromatic ring is 1. The van der Waals surface area contributed by atoms with Crippen molar-refractivity contribution in [2.75, 3.05) is 30.0 Å². The predicted octanol–water partition coefficient (Wildman–Crippen LogP) is 1.76. The number of benzene rings is 1. The number of carboxylic acid groups (broad SMARTS) is 1. The van der Waals surface area contributed by atoms with Crippen molar-refractivity contribution in [2.45, 2.75) is 15.8 Å². The highest BCUT2D eigenvalue weighted by Crippen LogP contribution is 2.42. The molecule has 4 heterocycles. The van der Waals surface area contributed by atoms with E-state index < -0.39 is 49.6 Å². The molecule has 19 heteroatoms. The quantitative estimate of drug-likeness (QED) is 0.0497. The van der Waals surface area contributed by atoms with Gasteiger partial charge in [-0.05, 0) is 17.7 Å². The van der Waals surface area contributed by atoms with E-state index in [0.717, 1.165) is 25.9 Å². The minimum absolute atomic E-state index is 0.0429. The Hall–Kier alpha value is -2.99. The first-order chi connectivity index (χ1) is 19.5. The molecule has 1 fully saturated rings. The summed E-state index contributed by atoms with van der Waals surface area (Å²) in [6, 6.07) is 6.63. The molecule has 3 aromatic rings. The number of nitrogens with one attached hydrogen (secondary N) is 1. The number of aromatic nitrogens is 2. The lowest BCUT2D eigenvalue weighted by Gasteiger charge is -2.49. The van der Waals surface area contributed by atoms with E-state index in [1.54, 1.807) is 0 Å². The molecule has 41 heavy (non-hydrogen) atoms. The fourth-order valence-electron chi connectivity index (χ4n) is 3.94. The molecule has 14 nitrogen and oxygen atoms in total. The van der Waals surface area contributed by atoms with Gasteiger partial charge in [0.15, 0.2) is 15.2 Å². The van der Waals surface area contributed by atoms with Gasteiger partial charge < -0.3 is 30.8 Å². The van der Waals surface area contributed by atoms with Gasteiger partial charge in [0.25, 0.3) is 11.8 Å². The van der Waals surface area contributed by atoms with Crippen LogP contribution in [0.4, 0.5) is 5.13 Å². The smallest absolute Gasteiger partial charge is 0.352 e. The average molecular weight is 657 g/mol. The number of hydrogen-bond donors (Lipinski definition) is 5. The van der Waals surface area contributed by atoms with Gasteiger partial charge in [-0.25, -0.2) is 14.8 Å². The third kappa shape index (κ3) is 6.58. The van der Waals surface area contributed by atoms with Crippen LogP contribution in [0.15, 0.2) is 50.4 Å². The van der Waals surface area contributed by atoms with Crippen molar-refractivity contribution in [3.8, 4) is 0 Å². The van der Waals surface area contributed by atoms with Gasteiger partial charge in [0, 0.05) is 16.9 Å². The molecular weight excluding hydrogens is 636 g/mol. The summed E-state index contributed by atoms with van der Waals surface area (Å²) in [4.78, 5) is 71.1. The largest absolute Gasteiger partial charge is 0.477 e. The molecule has 0 bridgehead atoms. The maximum Gasteiger partial charge on any atom is 0.352 e. The highest BCUT2D eigenvalue weighted by Gasteiger charge is 2.54. The number of carboxylic acids is 1. The first-order valence-electron chi connectivity index (χ1n) is 11.7. The van der Waals surface area contributed by atoms with E-state index in [9.17, 15) is 24.1 Å². The van der Waals surface area contributed by atoms with Crippen LogP contribution in [0.3, 0.4) is 0 Å². The number of thiazole rings is 2. The number of rotatable bonds is 11. The number of amides is 2. The van der Waals surface area contributed by atoms with Crippen LogP contribution in [-0.4, -0.2) is 88.9 Å². The molecule has 216 valence electrons. The molecule has 6 N–H and O–H groups in total. The third-order valence-electron chi connectivity index (χ3n) is 5.79. The lowest BCUT2D eigenvalue weighted by molar-refractivity contribution is -0.150. The number of aliphatic carboxylic acids is 1. The summed E-state index contributed by atoms with van der Waals surface area (Å²) in [6.07, 6.45) is -0.622. The Bertz CT molecular complexity index is 1600. The van der Waals surface area contributed by atoms with Crippen LogP contribution < -0.4 is 11.1 Å². The molecule has 1 unspecified atom stereocenters. The first kappa shape index (κ1) is 29.5. The number of para-hydroxylation sites is 1. The second-order valence-electron chi connectivity index (χ2n) is 8.59. The number of carbonyl (C=O) groups is 3. The average Bonchev–Trinajstić information content (AvgIpc) is 3.54. The maximum atomic E-state index is 13.1. The molecule has 1 aromatic carbocycles. The van der Waals surface area contributed by atoms with E-state index in [2.05, 4.69) is 20.4 Å². The van der Waals surface area contributed by atoms with E-state index >= 15 is 0 Å². The van der Waals surface area contributed by atoms with Gasteiger partial charge in [-0.1, -0.05) is 29.1 Å². The summed E-state index contributed by atoms with van der Waals surface area (Å²) in [7, 11) is -4.35. The lowest BCUT2D eigenvalue weighted by Crippen LogP contribution is -2.71. The number of carbonyl (C=O) groups excluding carboxylic acids is 2. The molecule has 0 radical (unpaired) electrons. The molecule has 2 aliphatic rings. The van der Waals surface area contributed by atoms with Gasteiger partial charge in [-0.15, -0.1) is 34.4 Å². The second-order valence-corrected chi connectivity index (χ2v) is 14.6. The van der Waals surface area contributed by atoms with Gasteiger partial charge in [-0.3, -0.25) is 19.1 Å². The zero-order chi connectivity index (χ0) is 29.3. The van der Waals surface area contributed by atoms with Crippen LogP contribution in [0, 0.1) is 0 Å². The Morgan fingerprint density at radius 1 is 1.29 bits per heavy atom. The van der Waals surface area contributed by atoms with Crippen LogP contribution in [0.5, 0.6) is 0 Å². The van der Waals surface area contributed by atoms with E-state index in [-0.39, 0.29) is 22.2 Å². The number of nitrogens with zero attached hydrogens (tertiary/aromatic N) is 4. The fraction of sp³-hybridized carbons (Fsp3) is 0.273. The minimum Gasteiger partial charge on any atom is -0.477 e. The molecule has 5 rings (SSSR count). The van der Waals surface area contributed by atoms with Crippen molar-refractivity contribution in [1.82, 2.24) is 20.2 Å². The third-order valence-corrected chi connectivity index (χ3v) is 10.8. The Labute approximate surface area is 248 Å². The second kappa shape index (κ2) is 12.1. The molecule has 2 aromatic heterocycles.